The van der Waals surface area contributed by atoms with Gasteiger partial charge in [-0.2, -0.15) is 0 Å². The number of nitro benzene ring substituents is 1. The average Bonchev–Trinajstić information content (AvgIpc) is 2.64. The van der Waals surface area contributed by atoms with Gasteiger partial charge in [0.15, 0.2) is 11.0 Å². The molecule has 7 heteroatoms. The van der Waals surface area contributed by atoms with Crippen LogP contribution in [0, 0.1) is 10.1 Å². The lowest BCUT2D eigenvalue weighted by Crippen LogP contribution is -2.38. The molecule has 1 aromatic heterocycles. The molecule has 1 atom stereocenters. The minimum Gasteiger partial charge on any atom is -0.269 e. The molecule has 0 aliphatic heterocycles. The molecule has 0 radical (unpaired) electrons. The van der Waals surface area contributed by atoms with Gasteiger partial charge in [0.05, 0.1) is 9.82 Å². The Bertz CT molecular complexity index is 716. The number of nitro groups is 1. The zero-order chi connectivity index (χ0) is 16.9. The number of pyridine rings is 1. The molecular formula is C17H19N3O3S. The highest BCUT2D eigenvalue weighted by Crippen LogP contribution is 2.30. The van der Waals surface area contributed by atoms with Crippen molar-refractivity contribution in [2.45, 2.75) is 43.0 Å². The number of hydrogen-bond donors (Lipinski definition) is 0. The SMILES string of the molecule is O=[N+]([O-])c1ccc([S@@](=O)N(c2ccccn2)C2CCCCC2)cc1. The quantitative estimate of drug-likeness (QED) is 0.609. The first-order chi connectivity index (χ1) is 11.7. The number of aromatic nitrogens is 1. The van der Waals surface area contributed by atoms with Crippen molar-refractivity contribution in [1.82, 2.24) is 4.98 Å². The van der Waals surface area contributed by atoms with Crippen LogP contribution in [0.4, 0.5) is 11.5 Å². The molecule has 6 nitrogen and oxygen atoms in total. The van der Waals surface area contributed by atoms with Crippen molar-refractivity contribution >= 4 is 22.5 Å². The fraction of sp³-hybridized carbons (Fsp3) is 0.353. The van der Waals surface area contributed by atoms with E-state index < -0.39 is 15.9 Å². The van der Waals surface area contributed by atoms with E-state index in [0.29, 0.717) is 10.7 Å². The van der Waals surface area contributed by atoms with E-state index in [9.17, 15) is 14.3 Å². The van der Waals surface area contributed by atoms with Gasteiger partial charge in [0, 0.05) is 24.4 Å². The van der Waals surface area contributed by atoms with Gasteiger partial charge >= 0.3 is 0 Å². The molecular weight excluding hydrogens is 326 g/mol. The Morgan fingerprint density at radius 3 is 2.38 bits per heavy atom. The summed E-state index contributed by atoms with van der Waals surface area (Å²) >= 11 is 0. The van der Waals surface area contributed by atoms with Gasteiger partial charge in [0.25, 0.3) is 5.69 Å². The van der Waals surface area contributed by atoms with Crippen LogP contribution in [0.15, 0.2) is 53.6 Å². The molecule has 1 aromatic carbocycles. The maximum atomic E-state index is 13.2. The lowest BCUT2D eigenvalue weighted by molar-refractivity contribution is -0.384. The number of anilines is 1. The molecule has 1 aliphatic rings. The first kappa shape index (κ1) is 16.6. The van der Waals surface area contributed by atoms with E-state index in [4.69, 9.17) is 0 Å². The minimum absolute atomic E-state index is 0.00203. The number of benzene rings is 1. The molecule has 1 saturated carbocycles. The Balaban J connectivity index is 1.92. The number of non-ortho nitro benzene ring substituents is 1. The van der Waals surface area contributed by atoms with E-state index in [1.807, 2.05) is 22.5 Å². The van der Waals surface area contributed by atoms with Crippen molar-refractivity contribution in [2.75, 3.05) is 4.31 Å². The largest absolute Gasteiger partial charge is 0.269 e. The lowest BCUT2D eigenvalue weighted by Gasteiger charge is -2.33. The highest BCUT2D eigenvalue weighted by molar-refractivity contribution is 7.86. The molecule has 0 N–H and O–H groups in total. The molecule has 3 rings (SSSR count). The van der Waals surface area contributed by atoms with Gasteiger partial charge in [-0.3, -0.25) is 14.4 Å². The predicted molar refractivity (Wildman–Crippen MR) is 93.1 cm³/mol. The highest BCUT2D eigenvalue weighted by Gasteiger charge is 2.28. The van der Waals surface area contributed by atoms with Crippen molar-refractivity contribution in [3.05, 3.63) is 58.8 Å². The van der Waals surface area contributed by atoms with Crippen molar-refractivity contribution in [3.8, 4) is 0 Å². The van der Waals surface area contributed by atoms with Gasteiger partial charge < -0.3 is 0 Å². The van der Waals surface area contributed by atoms with E-state index in [1.165, 1.54) is 18.6 Å². The zero-order valence-electron chi connectivity index (χ0n) is 13.2. The van der Waals surface area contributed by atoms with Crippen LogP contribution in [0.2, 0.25) is 0 Å². The topological polar surface area (TPSA) is 76.3 Å². The van der Waals surface area contributed by atoms with Crippen molar-refractivity contribution in [1.29, 1.82) is 0 Å². The Morgan fingerprint density at radius 1 is 1.08 bits per heavy atom. The second-order valence-corrected chi connectivity index (χ2v) is 7.17. The van der Waals surface area contributed by atoms with Gasteiger partial charge in [0.1, 0.15) is 5.82 Å². The third-order valence-electron chi connectivity index (χ3n) is 4.21. The Labute approximate surface area is 143 Å². The molecule has 0 amide bonds. The first-order valence-corrected chi connectivity index (χ1v) is 9.14. The third-order valence-corrected chi connectivity index (χ3v) is 5.73. The van der Waals surface area contributed by atoms with Crippen molar-refractivity contribution in [2.24, 2.45) is 0 Å². The van der Waals surface area contributed by atoms with Gasteiger partial charge in [-0.05, 0) is 37.1 Å². The lowest BCUT2D eigenvalue weighted by atomic mass is 9.95. The van der Waals surface area contributed by atoms with Crippen LogP contribution in [0.3, 0.4) is 0 Å². The van der Waals surface area contributed by atoms with Crippen molar-refractivity contribution in [3.63, 3.8) is 0 Å². The zero-order valence-corrected chi connectivity index (χ0v) is 14.0. The summed E-state index contributed by atoms with van der Waals surface area (Å²) < 4.78 is 15.0. The highest BCUT2D eigenvalue weighted by atomic mass is 32.2. The smallest absolute Gasteiger partial charge is 0.269 e. The molecule has 0 saturated heterocycles. The minimum atomic E-state index is -1.44. The summed E-state index contributed by atoms with van der Waals surface area (Å²) in [5, 5.41) is 10.8. The summed E-state index contributed by atoms with van der Waals surface area (Å²) in [7, 11) is -1.44. The first-order valence-electron chi connectivity index (χ1n) is 8.03. The second-order valence-electron chi connectivity index (χ2n) is 5.81. The van der Waals surface area contributed by atoms with Crippen LogP contribution < -0.4 is 4.31 Å². The number of nitrogens with zero attached hydrogens (tertiary/aromatic N) is 3. The molecule has 0 unspecified atom stereocenters. The van der Waals surface area contributed by atoms with Crippen LogP contribution in [-0.2, 0) is 11.0 Å². The molecule has 1 heterocycles. The molecule has 1 aliphatic carbocycles. The van der Waals surface area contributed by atoms with E-state index >= 15 is 0 Å². The average molecular weight is 345 g/mol. The van der Waals surface area contributed by atoms with Crippen LogP contribution >= 0.6 is 0 Å². The van der Waals surface area contributed by atoms with Gasteiger partial charge in [-0.15, -0.1) is 0 Å². The summed E-state index contributed by atoms with van der Waals surface area (Å²) in [5.41, 5.74) is -0.00203. The van der Waals surface area contributed by atoms with Gasteiger partial charge in [-0.25, -0.2) is 9.19 Å². The number of hydrogen-bond acceptors (Lipinski definition) is 4. The molecule has 24 heavy (non-hydrogen) atoms. The van der Waals surface area contributed by atoms with Crippen LogP contribution in [0.25, 0.3) is 0 Å². The van der Waals surface area contributed by atoms with Crippen LogP contribution in [-0.4, -0.2) is 20.2 Å². The Hall–Kier alpha value is -2.28. The van der Waals surface area contributed by atoms with Crippen LogP contribution in [0.1, 0.15) is 32.1 Å². The standard InChI is InChI=1S/C17H19N3O3S/c21-20(22)15-9-11-16(12-10-15)24(23)19(14-6-2-1-3-7-14)17-8-4-5-13-18-17/h4-5,8-14H,1-3,6-7H2/t24-/m1/s1. The third kappa shape index (κ3) is 3.62. The normalized spacial score (nSPS) is 16.5. The fourth-order valence-corrected chi connectivity index (χ4v) is 4.36. The maximum absolute atomic E-state index is 13.2. The summed E-state index contributed by atoms with van der Waals surface area (Å²) in [6.45, 7) is 0. The molecule has 0 bridgehead atoms. The van der Waals surface area contributed by atoms with Crippen molar-refractivity contribution < 1.29 is 9.13 Å². The number of rotatable bonds is 5. The molecule has 126 valence electrons. The van der Waals surface area contributed by atoms with E-state index in [0.717, 1.165) is 25.7 Å². The van der Waals surface area contributed by atoms with E-state index in [-0.39, 0.29) is 11.7 Å². The van der Waals surface area contributed by atoms with Crippen LogP contribution in [0.5, 0.6) is 0 Å². The monoisotopic (exact) mass is 345 g/mol. The van der Waals surface area contributed by atoms with Gasteiger partial charge in [0.2, 0.25) is 0 Å². The summed E-state index contributed by atoms with van der Waals surface area (Å²) in [6, 6.07) is 11.7. The summed E-state index contributed by atoms with van der Waals surface area (Å²) in [6.07, 6.45) is 7.09. The predicted octanol–water partition coefficient (Wildman–Crippen LogP) is 3.85. The van der Waals surface area contributed by atoms with Gasteiger partial charge in [-0.1, -0.05) is 25.3 Å². The van der Waals surface area contributed by atoms with E-state index in [2.05, 4.69) is 4.98 Å². The maximum Gasteiger partial charge on any atom is 0.269 e. The fourth-order valence-electron chi connectivity index (χ4n) is 3.00. The summed E-state index contributed by atoms with van der Waals surface area (Å²) in [4.78, 5) is 15.3. The van der Waals surface area contributed by atoms with E-state index in [1.54, 1.807) is 18.3 Å². The molecule has 1 fully saturated rings. The summed E-state index contributed by atoms with van der Waals surface area (Å²) in [5.74, 6) is 0.682. The second kappa shape index (κ2) is 7.53. The molecule has 0 spiro atoms. The Kier molecular flexibility index (Phi) is 5.20. The Morgan fingerprint density at radius 2 is 1.79 bits per heavy atom. The molecule has 2 aromatic rings.